The fraction of sp³-hybridized carbons (Fsp3) is 0.276. The Morgan fingerprint density at radius 3 is 2.54 bits per heavy atom. The fourth-order valence-corrected chi connectivity index (χ4v) is 4.83. The van der Waals surface area contributed by atoms with Crippen LogP contribution in [0, 0.1) is 6.92 Å². The van der Waals surface area contributed by atoms with Gasteiger partial charge in [-0.05, 0) is 61.5 Å². The number of hydrogen-bond donors (Lipinski definition) is 2. The van der Waals surface area contributed by atoms with Crippen LogP contribution in [-0.4, -0.2) is 48.3 Å². The minimum absolute atomic E-state index is 0.227. The predicted octanol–water partition coefficient (Wildman–Crippen LogP) is 6.24. The van der Waals surface area contributed by atoms with Crippen LogP contribution in [-0.2, 0) is 5.75 Å². The molecule has 2 N–H and O–H groups in total. The molecule has 3 aromatic rings. The number of benzene rings is 3. The number of hydrazone groups is 1. The molecule has 0 bridgehead atoms. The van der Waals surface area contributed by atoms with Gasteiger partial charge in [0.15, 0.2) is 0 Å². The molecule has 2 amide bonds. The highest BCUT2D eigenvalue weighted by molar-refractivity contribution is 7.98. The Labute approximate surface area is 228 Å². The van der Waals surface area contributed by atoms with Crippen molar-refractivity contribution in [1.82, 2.24) is 10.3 Å². The monoisotopic (exact) mass is 536 g/mol. The van der Waals surface area contributed by atoms with Crippen LogP contribution in [0.15, 0.2) is 71.8 Å². The number of aryl methyl sites for hydroxylation is 1. The summed E-state index contributed by atoms with van der Waals surface area (Å²) in [5.41, 5.74) is 6.67. The Bertz CT molecular complexity index is 1240. The lowest BCUT2D eigenvalue weighted by Crippen LogP contribution is -2.25. The molecule has 8 heteroatoms. The Hall–Kier alpha value is -3.13. The van der Waals surface area contributed by atoms with E-state index < -0.39 is 5.91 Å². The van der Waals surface area contributed by atoms with Gasteiger partial charge in [0, 0.05) is 28.6 Å². The van der Waals surface area contributed by atoms with E-state index in [1.807, 2.05) is 61.2 Å². The molecule has 0 unspecified atom stereocenters. The van der Waals surface area contributed by atoms with Crippen molar-refractivity contribution in [2.24, 2.45) is 5.10 Å². The van der Waals surface area contributed by atoms with Crippen molar-refractivity contribution in [1.29, 1.82) is 0 Å². The summed E-state index contributed by atoms with van der Waals surface area (Å²) < 4.78 is 0. The molecule has 0 saturated carbocycles. The minimum Gasteiger partial charge on any atom is -0.321 e. The van der Waals surface area contributed by atoms with Gasteiger partial charge in [-0.25, -0.2) is 5.43 Å². The molecule has 0 saturated heterocycles. The second kappa shape index (κ2) is 14.6. The van der Waals surface area contributed by atoms with Crippen molar-refractivity contribution in [3.8, 4) is 0 Å². The van der Waals surface area contributed by atoms with Crippen LogP contribution >= 0.6 is 23.4 Å². The summed E-state index contributed by atoms with van der Waals surface area (Å²) in [4.78, 5) is 28.3. The molecular formula is C29H33ClN4O2S. The molecule has 0 aliphatic rings. The van der Waals surface area contributed by atoms with Crippen LogP contribution in [0.4, 0.5) is 5.69 Å². The van der Waals surface area contributed by atoms with Crippen molar-refractivity contribution >= 4 is 47.1 Å². The van der Waals surface area contributed by atoms with Crippen LogP contribution in [0.1, 0.15) is 51.3 Å². The molecule has 0 fully saturated rings. The molecule has 0 aliphatic heterocycles. The average Bonchev–Trinajstić information content (AvgIpc) is 2.90. The summed E-state index contributed by atoms with van der Waals surface area (Å²) in [6.07, 6.45) is 1.57. The number of nitrogens with zero attached hydrogens (tertiary/aromatic N) is 2. The predicted molar refractivity (Wildman–Crippen MR) is 156 cm³/mol. The molecule has 6 nitrogen and oxygen atoms in total. The summed E-state index contributed by atoms with van der Waals surface area (Å²) in [7, 11) is 0. The van der Waals surface area contributed by atoms with Crippen LogP contribution in [0.25, 0.3) is 0 Å². The first kappa shape index (κ1) is 28.4. The van der Waals surface area contributed by atoms with Crippen LogP contribution < -0.4 is 10.7 Å². The van der Waals surface area contributed by atoms with Crippen LogP contribution in [0.2, 0.25) is 5.02 Å². The zero-order valence-corrected chi connectivity index (χ0v) is 23.0. The molecule has 0 aromatic heterocycles. The second-order valence-corrected chi connectivity index (χ2v) is 10.1. The zero-order valence-electron chi connectivity index (χ0n) is 21.5. The first-order chi connectivity index (χ1) is 17.9. The number of carbonyl (C=O) groups excluding carboxylic acids is 2. The van der Waals surface area contributed by atoms with Crippen molar-refractivity contribution < 1.29 is 9.59 Å². The van der Waals surface area contributed by atoms with Crippen molar-refractivity contribution in [2.75, 3.05) is 30.7 Å². The maximum atomic E-state index is 13.0. The highest BCUT2D eigenvalue weighted by Gasteiger charge is 2.15. The summed E-state index contributed by atoms with van der Waals surface area (Å²) >= 11 is 7.99. The zero-order chi connectivity index (χ0) is 26.6. The number of hydrogen-bond acceptors (Lipinski definition) is 5. The van der Waals surface area contributed by atoms with Gasteiger partial charge in [0.1, 0.15) is 0 Å². The number of nitrogens with one attached hydrogen (secondary N) is 2. The van der Waals surface area contributed by atoms with E-state index in [1.165, 1.54) is 6.07 Å². The minimum atomic E-state index is -0.472. The van der Waals surface area contributed by atoms with E-state index in [2.05, 4.69) is 34.6 Å². The highest BCUT2D eigenvalue weighted by Crippen LogP contribution is 2.22. The van der Waals surface area contributed by atoms with Crippen molar-refractivity contribution in [3.63, 3.8) is 0 Å². The Morgan fingerprint density at radius 2 is 1.78 bits per heavy atom. The van der Waals surface area contributed by atoms with E-state index in [-0.39, 0.29) is 11.5 Å². The lowest BCUT2D eigenvalue weighted by atomic mass is 10.1. The maximum absolute atomic E-state index is 13.0. The van der Waals surface area contributed by atoms with Gasteiger partial charge in [-0.2, -0.15) is 16.9 Å². The van der Waals surface area contributed by atoms with Gasteiger partial charge in [-0.15, -0.1) is 0 Å². The first-order valence-corrected chi connectivity index (χ1v) is 13.8. The quantitative estimate of drug-likeness (QED) is 0.163. The number of thioether (sulfide) groups is 1. The van der Waals surface area contributed by atoms with Gasteiger partial charge >= 0.3 is 0 Å². The average molecular weight is 537 g/mol. The highest BCUT2D eigenvalue weighted by atomic mass is 35.5. The molecular weight excluding hydrogens is 504 g/mol. The van der Waals surface area contributed by atoms with Gasteiger partial charge in [0.25, 0.3) is 11.8 Å². The number of halogens is 1. The molecule has 37 heavy (non-hydrogen) atoms. The third-order valence-electron chi connectivity index (χ3n) is 5.80. The molecule has 3 aromatic carbocycles. The van der Waals surface area contributed by atoms with Crippen LogP contribution in [0.5, 0.6) is 0 Å². The van der Waals surface area contributed by atoms with Crippen LogP contribution in [0.3, 0.4) is 0 Å². The number of carbonyl (C=O) groups is 2. The van der Waals surface area contributed by atoms with Crippen molar-refractivity contribution in [2.45, 2.75) is 26.5 Å². The molecule has 3 rings (SSSR count). The van der Waals surface area contributed by atoms with E-state index >= 15 is 0 Å². The Morgan fingerprint density at radius 1 is 1.00 bits per heavy atom. The van der Waals surface area contributed by atoms with Gasteiger partial charge in [-0.1, -0.05) is 67.4 Å². The largest absolute Gasteiger partial charge is 0.321 e. The lowest BCUT2D eigenvalue weighted by Gasteiger charge is -2.17. The Kier molecular flexibility index (Phi) is 11.2. The SMILES string of the molecule is CCN(CC)CCSCc1cccc(C(=O)Nc2ccc(Cl)cc2C(=O)NN=Cc2cccc(C)c2)c1. The normalized spacial score (nSPS) is 11.2. The van der Waals surface area contributed by atoms with Gasteiger partial charge in [-0.3, -0.25) is 9.59 Å². The third kappa shape index (κ3) is 9.04. The van der Waals surface area contributed by atoms with E-state index in [0.717, 1.165) is 47.8 Å². The molecule has 0 atom stereocenters. The fourth-order valence-electron chi connectivity index (χ4n) is 3.71. The van der Waals surface area contributed by atoms with E-state index in [9.17, 15) is 9.59 Å². The molecule has 0 heterocycles. The third-order valence-corrected chi connectivity index (χ3v) is 7.04. The summed E-state index contributed by atoms with van der Waals surface area (Å²) in [6, 6.07) is 20.1. The number of amides is 2. The maximum Gasteiger partial charge on any atom is 0.273 e. The standard InChI is InChI=1S/C29H33ClN4O2S/c1-4-34(5-2)14-15-37-20-23-10-7-11-24(17-23)28(35)32-27-13-12-25(30)18-26(27)29(36)33-31-19-22-9-6-8-21(3)16-22/h6-13,16-19H,4-5,14-15,20H2,1-3H3,(H,32,35)(H,33,36). The summed E-state index contributed by atoms with van der Waals surface area (Å²) in [6.45, 7) is 9.48. The number of anilines is 1. The lowest BCUT2D eigenvalue weighted by molar-refractivity contribution is 0.0956. The smallest absolute Gasteiger partial charge is 0.273 e. The van der Waals surface area contributed by atoms with E-state index in [0.29, 0.717) is 16.3 Å². The van der Waals surface area contributed by atoms with Gasteiger partial charge in [0.05, 0.1) is 17.5 Å². The number of rotatable bonds is 12. The van der Waals surface area contributed by atoms with E-state index in [4.69, 9.17) is 11.6 Å². The van der Waals surface area contributed by atoms with E-state index in [1.54, 1.807) is 24.4 Å². The topological polar surface area (TPSA) is 73.8 Å². The molecule has 0 radical (unpaired) electrons. The molecule has 0 aliphatic carbocycles. The summed E-state index contributed by atoms with van der Waals surface area (Å²) in [5.74, 6) is 1.10. The second-order valence-electron chi connectivity index (χ2n) is 8.54. The molecule has 194 valence electrons. The Balaban J connectivity index is 1.64. The van der Waals surface area contributed by atoms with Crippen molar-refractivity contribution in [3.05, 3.63) is 99.6 Å². The first-order valence-electron chi connectivity index (χ1n) is 12.3. The van der Waals surface area contributed by atoms with Gasteiger partial charge < -0.3 is 10.2 Å². The molecule has 0 spiro atoms. The summed E-state index contributed by atoms with van der Waals surface area (Å²) in [5, 5.41) is 7.29. The van der Waals surface area contributed by atoms with Gasteiger partial charge in [0.2, 0.25) is 0 Å².